The summed E-state index contributed by atoms with van der Waals surface area (Å²) in [5.74, 6) is -1.19. The largest absolute Gasteiger partial charge is 0.506 e. The van der Waals surface area contributed by atoms with Crippen LogP contribution in [0.3, 0.4) is 0 Å². The molecule has 3 N–H and O–H groups in total. The van der Waals surface area contributed by atoms with Crippen molar-refractivity contribution in [3.63, 3.8) is 0 Å². The Hall–Kier alpha value is -4.54. The Bertz CT molecular complexity index is 1420. The lowest BCUT2D eigenvalue weighted by Gasteiger charge is -2.21. The number of hydrogen-bond donors (Lipinski definition) is 3. The number of nitrogens with one attached hydrogen (secondary N) is 2. The van der Waals surface area contributed by atoms with Crippen molar-refractivity contribution in [1.82, 2.24) is 15.2 Å². The van der Waals surface area contributed by atoms with E-state index in [9.17, 15) is 23.9 Å². The molecule has 39 heavy (non-hydrogen) atoms. The van der Waals surface area contributed by atoms with E-state index in [1.54, 1.807) is 37.3 Å². The van der Waals surface area contributed by atoms with Gasteiger partial charge in [-0.2, -0.15) is 0 Å². The Morgan fingerprint density at radius 3 is 2.46 bits per heavy atom. The van der Waals surface area contributed by atoms with Gasteiger partial charge in [-0.1, -0.05) is 18.2 Å². The third-order valence-corrected chi connectivity index (χ3v) is 6.62. The lowest BCUT2D eigenvalue weighted by Crippen LogP contribution is -2.34. The first-order chi connectivity index (χ1) is 18.8. The number of alkyl carbamates (subject to hydrolysis) is 1. The zero-order valence-corrected chi connectivity index (χ0v) is 21.9. The minimum atomic E-state index is -0.848. The van der Waals surface area contributed by atoms with Crippen molar-refractivity contribution < 1.29 is 33.3 Å². The maximum absolute atomic E-state index is 13.8. The van der Waals surface area contributed by atoms with Crippen LogP contribution in [0.25, 0.3) is 11.1 Å². The SMILES string of the molecule is CCNC(=O)OCc1[nH]c(=O)c(C(=O)N2CCC(c3cccc(F)c3)C2)c(O)c1-c1c(OC)cccc1OC. The van der Waals surface area contributed by atoms with Gasteiger partial charge in [0.1, 0.15) is 35.2 Å². The third kappa shape index (κ3) is 5.66. The van der Waals surface area contributed by atoms with Gasteiger partial charge in [-0.05, 0) is 43.2 Å². The van der Waals surface area contributed by atoms with E-state index < -0.39 is 35.5 Å². The van der Waals surface area contributed by atoms with Crippen molar-refractivity contribution in [2.75, 3.05) is 33.9 Å². The van der Waals surface area contributed by atoms with E-state index in [0.29, 0.717) is 31.0 Å². The fraction of sp³-hybridized carbons (Fsp3) is 0.321. The second-order valence-electron chi connectivity index (χ2n) is 8.97. The molecule has 2 heterocycles. The normalized spacial score (nSPS) is 14.7. The summed E-state index contributed by atoms with van der Waals surface area (Å²) in [4.78, 5) is 42.8. The molecule has 2 amide bonds. The minimum Gasteiger partial charge on any atom is -0.506 e. The fourth-order valence-corrected chi connectivity index (χ4v) is 4.78. The number of amides is 2. The number of ether oxygens (including phenoxy) is 3. The van der Waals surface area contributed by atoms with Crippen LogP contribution in [0.15, 0.2) is 47.3 Å². The predicted molar refractivity (Wildman–Crippen MR) is 141 cm³/mol. The summed E-state index contributed by atoms with van der Waals surface area (Å²) in [5, 5.41) is 14.0. The number of benzene rings is 2. The molecule has 1 unspecified atom stereocenters. The van der Waals surface area contributed by atoms with Gasteiger partial charge in [0.05, 0.1) is 31.0 Å². The number of pyridine rings is 1. The highest BCUT2D eigenvalue weighted by molar-refractivity contribution is 6.00. The smallest absolute Gasteiger partial charge is 0.407 e. The predicted octanol–water partition coefficient (Wildman–Crippen LogP) is 3.78. The number of hydrogen-bond acceptors (Lipinski definition) is 7. The summed E-state index contributed by atoms with van der Waals surface area (Å²) in [6.45, 7) is 2.20. The molecule has 3 aromatic rings. The van der Waals surface area contributed by atoms with E-state index in [4.69, 9.17) is 14.2 Å². The van der Waals surface area contributed by atoms with Crippen LogP contribution in [0.1, 0.15) is 40.9 Å². The number of nitrogens with zero attached hydrogens (tertiary/aromatic N) is 1. The van der Waals surface area contributed by atoms with Crippen LogP contribution in [-0.2, 0) is 11.3 Å². The highest BCUT2D eigenvalue weighted by atomic mass is 19.1. The monoisotopic (exact) mass is 539 g/mol. The lowest BCUT2D eigenvalue weighted by atomic mass is 9.97. The maximum atomic E-state index is 13.8. The number of likely N-dealkylation sites (tertiary alicyclic amines) is 1. The number of carbonyl (C=O) groups is 2. The van der Waals surface area contributed by atoms with Gasteiger partial charge in [0.25, 0.3) is 11.5 Å². The number of aromatic amines is 1. The molecule has 1 saturated heterocycles. The Labute approximate surface area is 224 Å². The molecule has 0 saturated carbocycles. The number of methoxy groups -OCH3 is 2. The first-order valence-corrected chi connectivity index (χ1v) is 12.4. The summed E-state index contributed by atoms with van der Waals surface area (Å²) < 4.78 is 30.0. The molecule has 0 radical (unpaired) electrons. The molecule has 1 aliphatic heterocycles. The molecule has 1 atom stereocenters. The molecule has 4 rings (SSSR count). The number of rotatable bonds is 8. The second kappa shape index (κ2) is 11.9. The Morgan fingerprint density at radius 2 is 1.82 bits per heavy atom. The van der Waals surface area contributed by atoms with Gasteiger partial charge in [-0.25, -0.2) is 9.18 Å². The third-order valence-electron chi connectivity index (χ3n) is 6.62. The molecule has 1 aliphatic rings. The molecule has 1 aromatic heterocycles. The van der Waals surface area contributed by atoms with Crippen LogP contribution in [0, 0.1) is 5.82 Å². The first-order valence-electron chi connectivity index (χ1n) is 12.4. The molecule has 0 spiro atoms. The van der Waals surface area contributed by atoms with Gasteiger partial charge >= 0.3 is 6.09 Å². The van der Waals surface area contributed by atoms with Gasteiger partial charge in [0.2, 0.25) is 0 Å². The number of aromatic nitrogens is 1. The lowest BCUT2D eigenvalue weighted by molar-refractivity contribution is 0.0785. The van der Waals surface area contributed by atoms with Gasteiger partial charge in [0.15, 0.2) is 0 Å². The zero-order valence-electron chi connectivity index (χ0n) is 21.9. The summed E-state index contributed by atoms with van der Waals surface area (Å²) in [6.07, 6.45) is -0.157. The van der Waals surface area contributed by atoms with E-state index in [1.807, 2.05) is 0 Å². The van der Waals surface area contributed by atoms with Crippen molar-refractivity contribution in [3.05, 3.63) is 75.5 Å². The molecule has 1 fully saturated rings. The quantitative estimate of drug-likeness (QED) is 0.397. The second-order valence-corrected chi connectivity index (χ2v) is 8.97. The number of aromatic hydroxyl groups is 1. The molecular formula is C28H30FN3O7. The van der Waals surface area contributed by atoms with Crippen LogP contribution in [0.5, 0.6) is 17.2 Å². The number of H-pyrrole nitrogens is 1. The van der Waals surface area contributed by atoms with Crippen LogP contribution < -0.4 is 20.3 Å². The van der Waals surface area contributed by atoms with Gasteiger partial charge < -0.3 is 34.5 Å². The Balaban J connectivity index is 1.78. The number of carbonyl (C=O) groups excluding carboxylic acids is 2. The zero-order chi connectivity index (χ0) is 28.1. The van der Waals surface area contributed by atoms with Gasteiger partial charge in [-0.3, -0.25) is 9.59 Å². The summed E-state index contributed by atoms with van der Waals surface area (Å²) in [7, 11) is 2.85. The van der Waals surface area contributed by atoms with Crippen LogP contribution in [-0.4, -0.2) is 60.8 Å². The Kier molecular flexibility index (Phi) is 8.38. The fourth-order valence-electron chi connectivity index (χ4n) is 4.78. The van der Waals surface area contributed by atoms with E-state index in [-0.39, 0.29) is 35.1 Å². The number of halogens is 1. The highest BCUT2D eigenvalue weighted by Gasteiger charge is 2.34. The van der Waals surface area contributed by atoms with Gasteiger partial charge in [-0.15, -0.1) is 0 Å². The van der Waals surface area contributed by atoms with Crippen LogP contribution in [0.2, 0.25) is 0 Å². The van der Waals surface area contributed by atoms with E-state index in [2.05, 4.69) is 10.3 Å². The van der Waals surface area contributed by atoms with Gasteiger partial charge in [0, 0.05) is 25.6 Å². The topological polar surface area (TPSA) is 130 Å². The van der Waals surface area contributed by atoms with Crippen LogP contribution in [0.4, 0.5) is 9.18 Å². The van der Waals surface area contributed by atoms with Crippen molar-refractivity contribution in [2.24, 2.45) is 0 Å². The van der Waals surface area contributed by atoms with Crippen molar-refractivity contribution in [3.8, 4) is 28.4 Å². The summed E-state index contributed by atoms with van der Waals surface area (Å²) in [5.41, 5.74) is -0.238. The van der Waals surface area contributed by atoms with Crippen molar-refractivity contribution >= 4 is 12.0 Å². The summed E-state index contributed by atoms with van der Waals surface area (Å²) in [6, 6.07) is 11.1. The molecule has 2 aromatic carbocycles. The first kappa shape index (κ1) is 27.5. The van der Waals surface area contributed by atoms with Crippen molar-refractivity contribution in [2.45, 2.75) is 25.9 Å². The highest BCUT2D eigenvalue weighted by Crippen LogP contribution is 2.45. The van der Waals surface area contributed by atoms with E-state index in [0.717, 1.165) is 5.56 Å². The molecule has 11 heteroatoms. The minimum absolute atomic E-state index is 0.0254. The molecule has 10 nitrogen and oxygen atoms in total. The maximum Gasteiger partial charge on any atom is 0.407 e. The molecule has 0 bridgehead atoms. The van der Waals surface area contributed by atoms with Crippen LogP contribution >= 0.6 is 0 Å². The Morgan fingerprint density at radius 1 is 1.13 bits per heavy atom. The molecule has 206 valence electrons. The van der Waals surface area contributed by atoms with E-state index in [1.165, 1.54) is 31.3 Å². The van der Waals surface area contributed by atoms with Crippen molar-refractivity contribution in [1.29, 1.82) is 0 Å². The molecular weight excluding hydrogens is 509 g/mol. The van der Waals surface area contributed by atoms with E-state index >= 15 is 0 Å². The average Bonchev–Trinajstić information content (AvgIpc) is 3.42. The standard InChI is InChI=1S/C28H30FN3O7/c1-4-30-28(36)39-15-19-22(23-20(37-2)9-6-10-21(23)38-3)25(33)24(26(34)31-19)27(35)32-12-11-17(14-32)16-7-5-8-18(29)13-16/h5-10,13,17H,4,11-12,14-15H2,1-3H3,(H,30,36)(H2,31,33,34). The summed E-state index contributed by atoms with van der Waals surface area (Å²) >= 11 is 0. The average molecular weight is 540 g/mol. The molecule has 0 aliphatic carbocycles.